The van der Waals surface area contributed by atoms with Gasteiger partial charge in [0.2, 0.25) is 0 Å². The number of hydrogen-bond donors (Lipinski definition) is 0. The van der Waals surface area contributed by atoms with Gasteiger partial charge in [0.1, 0.15) is 0 Å². The van der Waals surface area contributed by atoms with Gasteiger partial charge in [-0.05, 0) is 19.9 Å². The van der Waals surface area contributed by atoms with Crippen LogP contribution in [0.4, 0.5) is 8.78 Å². The molecule has 14 heavy (non-hydrogen) atoms. The van der Waals surface area contributed by atoms with Crippen LogP contribution in [-0.4, -0.2) is 46.7 Å². The Labute approximate surface area is 98.1 Å². The Hall–Kier alpha value is 0.510. The van der Waals surface area contributed by atoms with E-state index >= 15 is 0 Å². The molecule has 0 aromatic heterocycles. The molecule has 0 aromatic rings. The largest absolute Gasteiger partial charge is 0.297 e. The van der Waals surface area contributed by atoms with Gasteiger partial charge in [-0.2, -0.15) is 0 Å². The van der Waals surface area contributed by atoms with Crippen LogP contribution < -0.4 is 0 Å². The van der Waals surface area contributed by atoms with Crippen LogP contribution in [0.2, 0.25) is 0 Å². The van der Waals surface area contributed by atoms with Gasteiger partial charge in [-0.1, -0.05) is 0 Å². The predicted octanol–water partition coefficient (Wildman–Crippen LogP) is 2.39. The van der Waals surface area contributed by atoms with E-state index in [1.54, 1.807) is 11.9 Å². The normalized spacial score (nSPS) is 21.9. The lowest BCUT2D eigenvalue weighted by Crippen LogP contribution is -2.44. The Kier molecular flexibility index (Phi) is 4.52. The van der Waals surface area contributed by atoms with Gasteiger partial charge in [0.25, 0.3) is 5.92 Å². The molecular weight excluding hydrogens is 301 g/mol. The van der Waals surface area contributed by atoms with Crippen molar-refractivity contribution < 1.29 is 8.78 Å². The second-order valence-corrected chi connectivity index (χ2v) is 5.49. The third kappa shape index (κ3) is 4.35. The molecule has 1 aliphatic heterocycles. The molecule has 0 spiro atoms. The van der Waals surface area contributed by atoms with Crippen LogP contribution in [0, 0.1) is 0 Å². The average molecular weight is 318 g/mol. The van der Waals surface area contributed by atoms with Gasteiger partial charge in [0.05, 0.1) is 6.54 Å². The molecule has 0 amide bonds. The Balaban J connectivity index is 2.34. The molecule has 1 saturated heterocycles. The van der Waals surface area contributed by atoms with Crippen molar-refractivity contribution in [1.82, 2.24) is 8.01 Å². The first-order chi connectivity index (χ1) is 6.38. The number of hydrogen-bond acceptors (Lipinski definition) is 2. The third-order valence-corrected chi connectivity index (χ3v) is 3.53. The Morgan fingerprint density at radius 2 is 1.93 bits per heavy atom. The lowest BCUT2D eigenvalue weighted by Gasteiger charge is -2.35. The molecule has 1 fully saturated rings. The highest BCUT2D eigenvalue weighted by molar-refractivity contribution is 14.1. The highest BCUT2D eigenvalue weighted by atomic mass is 127. The summed E-state index contributed by atoms with van der Waals surface area (Å²) in [6.45, 7) is 2.87. The molecule has 2 nitrogen and oxygen atoms in total. The first-order valence-corrected chi connectivity index (χ1v) is 5.84. The van der Waals surface area contributed by atoms with Crippen molar-refractivity contribution in [2.24, 2.45) is 0 Å². The summed E-state index contributed by atoms with van der Waals surface area (Å²) >= 11 is 2.29. The predicted molar refractivity (Wildman–Crippen MR) is 61.9 cm³/mol. The summed E-state index contributed by atoms with van der Waals surface area (Å²) < 4.78 is 27.7. The molecule has 0 N–H and O–H groups in total. The van der Waals surface area contributed by atoms with Gasteiger partial charge >= 0.3 is 0 Å². The van der Waals surface area contributed by atoms with Crippen LogP contribution in [0.5, 0.6) is 0 Å². The molecule has 0 atom stereocenters. The maximum absolute atomic E-state index is 12.8. The number of piperidine rings is 1. The van der Waals surface area contributed by atoms with Crippen molar-refractivity contribution in [1.29, 1.82) is 0 Å². The lowest BCUT2D eigenvalue weighted by molar-refractivity contribution is -0.0223. The maximum atomic E-state index is 12.8. The van der Waals surface area contributed by atoms with E-state index in [2.05, 4.69) is 26.0 Å². The minimum absolute atomic E-state index is 0.126. The van der Waals surface area contributed by atoms with Gasteiger partial charge < -0.3 is 0 Å². The third-order valence-electron chi connectivity index (χ3n) is 2.56. The minimum atomic E-state index is -2.57. The second-order valence-electron chi connectivity index (χ2n) is 4.13. The van der Waals surface area contributed by atoms with E-state index in [0.717, 1.165) is 32.9 Å². The second kappa shape index (κ2) is 5.03. The van der Waals surface area contributed by atoms with E-state index in [4.69, 9.17) is 0 Å². The quantitative estimate of drug-likeness (QED) is 0.582. The first kappa shape index (κ1) is 12.6. The molecular formula is C9H17F2IN2. The molecule has 0 aromatic carbocycles. The fourth-order valence-electron chi connectivity index (χ4n) is 1.84. The summed E-state index contributed by atoms with van der Waals surface area (Å²) in [6, 6.07) is 0.326. The van der Waals surface area contributed by atoms with E-state index in [1.807, 2.05) is 0 Å². The average Bonchev–Trinajstić information content (AvgIpc) is 2.02. The lowest BCUT2D eigenvalue weighted by atomic mass is 10.1. The van der Waals surface area contributed by atoms with Crippen LogP contribution in [0.1, 0.15) is 19.8 Å². The maximum Gasteiger partial charge on any atom is 0.257 e. The molecule has 0 aliphatic carbocycles. The van der Waals surface area contributed by atoms with Crippen LogP contribution in [0.3, 0.4) is 0 Å². The van der Waals surface area contributed by atoms with Crippen molar-refractivity contribution in [2.45, 2.75) is 31.7 Å². The Morgan fingerprint density at radius 3 is 2.36 bits per heavy atom. The van der Waals surface area contributed by atoms with Crippen LogP contribution >= 0.6 is 22.9 Å². The summed E-state index contributed by atoms with van der Waals surface area (Å²) in [5.74, 6) is -2.57. The van der Waals surface area contributed by atoms with Crippen LogP contribution in [0.25, 0.3) is 0 Å². The summed E-state index contributed by atoms with van der Waals surface area (Å²) in [5, 5.41) is 0. The highest BCUT2D eigenvalue weighted by Gasteiger charge is 2.28. The topological polar surface area (TPSA) is 6.48 Å². The molecule has 0 radical (unpaired) electrons. The molecule has 1 aliphatic rings. The van der Waals surface area contributed by atoms with Gasteiger partial charge in [-0.25, -0.2) is 11.9 Å². The van der Waals surface area contributed by atoms with E-state index in [1.165, 1.54) is 0 Å². The number of rotatable bonds is 3. The highest BCUT2D eigenvalue weighted by Crippen LogP contribution is 2.21. The monoisotopic (exact) mass is 318 g/mol. The van der Waals surface area contributed by atoms with Crippen molar-refractivity contribution in [2.75, 3.05) is 26.7 Å². The zero-order valence-corrected chi connectivity index (χ0v) is 10.8. The Morgan fingerprint density at radius 1 is 1.43 bits per heavy atom. The molecule has 0 unspecified atom stereocenters. The van der Waals surface area contributed by atoms with E-state index < -0.39 is 5.92 Å². The van der Waals surface area contributed by atoms with Crippen LogP contribution in [-0.2, 0) is 0 Å². The zero-order chi connectivity index (χ0) is 10.8. The van der Waals surface area contributed by atoms with Gasteiger partial charge in [0.15, 0.2) is 0 Å². The SMILES string of the molecule is CN(CC(C)(F)F)C1CCN(I)CC1. The van der Waals surface area contributed by atoms with Crippen molar-refractivity contribution in [3.05, 3.63) is 0 Å². The van der Waals surface area contributed by atoms with Gasteiger partial charge in [-0.15, -0.1) is 0 Å². The van der Waals surface area contributed by atoms with Crippen LogP contribution in [0.15, 0.2) is 0 Å². The van der Waals surface area contributed by atoms with Gasteiger partial charge in [-0.3, -0.25) is 4.90 Å². The molecule has 0 saturated carbocycles. The number of halogens is 3. The van der Waals surface area contributed by atoms with Gasteiger partial charge in [0, 0.05) is 48.9 Å². The van der Waals surface area contributed by atoms with E-state index in [0.29, 0.717) is 6.04 Å². The fourth-order valence-corrected chi connectivity index (χ4v) is 2.40. The summed E-state index contributed by atoms with van der Waals surface area (Å²) in [7, 11) is 1.80. The molecule has 84 valence electrons. The van der Waals surface area contributed by atoms with Crippen molar-refractivity contribution in [3.8, 4) is 0 Å². The smallest absolute Gasteiger partial charge is 0.257 e. The summed E-state index contributed by atoms with van der Waals surface area (Å²) in [6.07, 6.45) is 1.99. The van der Waals surface area contributed by atoms with Crippen molar-refractivity contribution in [3.63, 3.8) is 0 Å². The van der Waals surface area contributed by atoms with E-state index in [-0.39, 0.29) is 6.54 Å². The zero-order valence-electron chi connectivity index (χ0n) is 8.64. The number of alkyl halides is 2. The fraction of sp³-hybridized carbons (Fsp3) is 1.00. The first-order valence-electron chi connectivity index (χ1n) is 4.87. The molecule has 5 heteroatoms. The minimum Gasteiger partial charge on any atom is -0.297 e. The number of nitrogens with zero attached hydrogens (tertiary/aromatic N) is 2. The summed E-state index contributed by atoms with van der Waals surface area (Å²) in [5.41, 5.74) is 0. The molecule has 0 bridgehead atoms. The van der Waals surface area contributed by atoms with Crippen molar-refractivity contribution >= 4 is 22.9 Å². The van der Waals surface area contributed by atoms with E-state index in [9.17, 15) is 8.78 Å². The molecule has 1 rings (SSSR count). The Bertz CT molecular complexity index is 176. The standard InChI is InChI=1S/C9H17F2IN2/c1-9(10,11)7-13(2)8-3-5-14(12)6-4-8/h8H,3-7H2,1-2H3. The summed E-state index contributed by atoms with van der Waals surface area (Å²) in [4.78, 5) is 1.80. The molecule has 1 heterocycles.